The van der Waals surface area contributed by atoms with E-state index in [2.05, 4.69) is 18.3 Å². The number of rotatable bonds is 3. The van der Waals surface area contributed by atoms with E-state index in [0.29, 0.717) is 6.54 Å². The zero-order valence-corrected chi connectivity index (χ0v) is 10.2. The van der Waals surface area contributed by atoms with Gasteiger partial charge in [-0.3, -0.25) is 9.47 Å². The maximum Gasteiger partial charge on any atom is 0.216 e. The van der Waals surface area contributed by atoms with E-state index in [0.717, 1.165) is 17.3 Å². The van der Waals surface area contributed by atoms with Gasteiger partial charge in [0.05, 0.1) is 5.52 Å². The van der Waals surface area contributed by atoms with Gasteiger partial charge in [-0.2, -0.15) is 0 Å². The number of hydrogen-bond acceptors (Lipinski definition) is 2. The first-order chi connectivity index (χ1) is 8.08. The molecule has 2 rings (SSSR count). The van der Waals surface area contributed by atoms with Crippen molar-refractivity contribution in [3.8, 4) is 0 Å². The van der Waals surface area contributed by atoms with Crippen LogP contribution in [-0.2, 0) is 11.2 Å². The number of nitrogen functional groups attached to an aromatic ring is 1. The van der Waals surface area contributed by atoms with Gasteiger partial charge in [0.1, 0.15) is 0 Å². The van der Waals surface area contributed by atoms with Crippen LogP contribution in [0, 0.1) is 6.92 Å². The van der Waals surface area contributed by atoms with Crippen LogP contribution in [0.2, 0.25) is 0 Å². The fraction of sp³-hybridized carbons (Fsp3) is 0.308. The molecule has 4 heteroatoms. The highest BCUT2D eigenvalue weighted by molar-refractivity contribution is 5.84. The van der Waals surface area contributed by atoms with E-state index >= 15 is 0 Å². The van der Waals surface area contributed by atoms with Crippen LogP contribution in [0.1, 0.15) is 18.1 Å². The van der Waals surface area contributed by atoms with Gasteiger partial charge in [0, 0.05) is 25.1 Å². The molecule has 1 amide bonds. The summed E-state index contributed by atoms with van der Waals surface area (Å²) in [6, 6.07) is 6.19. The molecule has 0 aliphatic heterocycles. The second kappa shape index (κ2) is 4.49. The lowest BCUT2D eigenvalue weighted by molar-refractivity contribution is -0.118. The molecule has 1 aromatic heterocycles. The minimum Gasteiger partial charge on any atom is -0.356 e. The summed E-state index contributed by atoms with van der Waals surface area (Å²) in [4.78, 5) is 10.8. The quantitative estimate of drug-likeness (QED) is 0.783. The zero-order chi connectivity index (χ0) is 12.4. The minimum atomic E-state index is -0.00216. The van der Waals surface area contributed by atoms with E-state index in [-0.39, 0.29) is 5.91 Å². The summed E-state index contributed by atoms with van der Waals surface area (Å²) < 4.78 is 1.64. The minimum absolute atomic E-state index is 0.00216. The van der Waals surface area contributed by atoms with Crippen molar-refractivity contribution >= 4 is 16.8 Å². The Balaban J connectivity index is 2.27. The van der Waals surface area contributed by atoms with Gasteiger partial charge < -0.3 is 11.2 Å². The predicted octanol–water partition coefficient (Wildman–Crippen LogP) is 1.34. The van der Waals surface area contributed by atoms with Gasteiger partial charge in [0.25, 0.3) is 0 Å². The topological polar surface area (TPSA) is 60.0 Å². The molecule has 0 atom stereocenters. The summed E-state index contributed by atoms with van der Waals surface area (Å²) in [5.41, 5.74) is 3.40. The number of hydrogen-bond donors (Lipinski definition) is 2. The Hall–Kier alpha value is -1.97. The summed E-state index contributed by atoms with van der Waals surface area (Å²) in [6.07, 6.45) is 2.72. The number of aryl methyl sites for hydroxylation is 1. The SMILES string of the molecule is CC(=O)NCCc1cn(N)c2ccc(C)cc12. The molecule has 0 radical (unpaired) electrons. The lowest BCUT2D eigenvalue weighted by atomic mass is 10.1. The van der Waals surface area contributed by atoms with Crippen molar-refractivity contribution in [3.05, 3.63) is 35.5 Å². The smallest absolute Gasteiger partial charge is 0.216 e. The highest BCUT2D eigenvalue weighted by Crippen LogP contribution is 2.21. The van der Waals surface area contributed by atoms with E-state index < -0.39 is 0 Å². The number of aromatic nitrogens is 1. The number of nitrogens with two attached hydrogens (primary N) is 1. The van der Waals surface area contributed by atoms with Crippen molar-refractivity contribution in [1.29, 1.82) is 0 Å². The van der Waals surface area contributed by atoms with Gasteiger partial charge in [-0.05, 0) is 31.0 Å². The van der Waals surface area contributed by atoms with E-state index in [4.69, 9.17) is 5.84 Å². The van der Waals surface area contributed by atoms with E-state index in [9.17, 15) is 4.79 Å². The second-order valence-electron chi connectivity index (χ2n) is 4.32. The summed E-state index contributed by atoms with van der Waals surface area (Å²) in [5, 5.41) is 3.96. The average Bonchev–Trinajstić information content (AvgIpc) is 2.55. The van der Waals surface area contributed by atoms with Gasteiger partial charge >= 0.3 is 0 Å². The van der Waals surface area contributed by atoms with Crippen LogP contribution < -0.4 is 11.2 Å². The molecule has 0 aliphatic carbocycles. The van der Waals surface area contributed by atoms with Crippen molar-refractivity contribution in [2.45, 2.75) is 20.3 Å². The average molecular weight is 231 g/mol. The summed E-state index contributed by atoms with van der Waals surface area (Å²) in [5.74, 6) is 5.89. The molecule has 90 valence electrons. The number of nitrogens with zero attached hydrogens (tertiary/aromatic N) is 1. The van der Waals surface area contributed by atoms with Crippen LogP contribution in [0.4, 0.5) is 0 Å². The third-order valence-electron chi connectivity index (χ3n) is 2.84. The summed E-state index contributed by atoms with van der Waals surface area (Å²) in [6.45, 7) is 4.23. The maximum absolute atomic E-state index is 10.8. The normalized spacial score (nSPS) is 10.7. The van der Waals surface area contributed by atoms with Crippen LogP contribution in [0.25, 0.3) is 10.9 Å². The van der Waals surface area contributed by atoms with Crippen LogP contribution >= 0.6 is 0 Å². The van der Waals surface area contributed by atoms with Crippen molar-refractivity contribution < 1.29 is 4.79 Å². The largest absolute Gasteiger partial charge is 0.356 e. The van der Waals surface area contributed by atoms with Crippen molar-refractivity contribution in [1.82, 2.24) is 9.99 Å². The molecule has 0 saturated carbocycles. The first kappa shape index (κ1) is 11.5. The molecule has 2 aromatic rings. The van der Waals surface area contributed by atoms with Crippen molar-refractivity contribution in [2.24, 2.45) is 0 Å². The number of amides is 1. The zero-order valence-electron chi connectivity index (χ0n) is 10.2. The van der Waals surface area contributed by atoms with Crippen LogP contribution in [0.5, 0.6) is 0 Å². The van der Waals surface area contributed by atoms with Gasteiger partial charge in [-0.1, -0.05) is 11.6 Å². The Labute approximate surface area is 100 Å². The Kier molecular flexibility index (Phi) is 3.04. The summed E-state index contributed by atoms with van der Waals surface area (Å²) >= 11 is 0. The van der Waals surface area contributed by atoms with Gasteiger partial charge in [-0.25, -0.2) is 0 Å². The third kappa shape index (κ3) is 2.41. The van der Waals surface area contributed by atoms with Crippen LogP contribution in [0.3, 0.4) is 0 Å². The Morgan fingerprint density at radius 3 is 2.94 bits per heavy atom. The van der Waals surface area contributed by atoms with E-state index in [1.165, 1.54) is 18.1 Å². The molecule has 1 heterocycles. The Morgan fingerprint density at radius 1 is 1.47 bits per heavy atom. The number of fused-ring (bicyclic) bond motifs is 1. The molecule has 0 bridgehead atoms. The monoisotopic (exact) mass is 231 g/mol. The molecule has 4 nitrogen and oxygen atoms in total. The number of benzene rings is 1. The lowest BCUT2D eigenvalue weighted by Crippen LogP contribution is -2.22. The molecule has 0 unspecified atom stereocenters. The first-order valence-corrected chi connectivity index (χ1v) is 5.68. The molecule has 0 spiro atoms. The number of nitrogens with one attached hydrogen (secondary N) is 1. The van der Waals surface area contributed by atoms with Crippen LogP contribution in [-0.4, -0.2) is 17.1 Å². The fourth-order valence-corrected chi connectivity index (χ4v) is 2.01. The number of carbonyl (C=O) groups is 1. The molecular formula is C13H17N3O. The highest BCUT2D eigenvalue weighted by Gasteiger charge is 2.07. The third-order valence-corrected chi connectivity index (χ3v) is 2.84. The molecule has 0 saturated heterocycles. The van der Waals surface area contributed by atoms with Gasteiger partial charge in [0.15, 0.2) is 0 Å². The van der Waals surface area contributed by atoms with Gasteiger partial charge in [-0.15, -0.1) is 0 Å². The maximum atomic E-state index is 10.8. The summed E-state index contributed by atoms with van der Waals surface area (Å²) in [7, 11) is 0. The number of carbonyl (C=O) groups excluding carboxylic acids is 1. The first-order valence-electron chi connectivity index (χ1n) is 5.68. The standard InChI is InChI=1S/C13H17N3O/c1-9-3-4-13-12(7-9)11(8-16(13)14)5-6-15-10(2)17/h3-4,7-8H,5-6,14H2,1-2H3,(H,15,17). The van der Waals surface area contributed by atoms with Crippen molar-refractivity contribution in [2.75, 3.05) is 12.4 Å². The molecular weight excluding hydrogens is 214 g/mol. The van der Waals surface area contributed by atoms with E-state index in [1.54, 1.807) is 4.68 Å². The molecule has 0 aliphatic rings. The molecule has 3 N–H and O–H groups in total. The predicted molar refractivity (Wildman–Crippen MR) is 69.2 cm³/mol. The Bertz CT molecular complexity index is 557. The second-order valence-corrected chi connectivity index (χ2v) is 4.32. The fourth-order valence-electron chi connectivity index (χ4n) is 2.01. The lowest BCUT2D eigenvalue weighted by Gasteiger charge is -2.01. The molecule has 1 aromatic carbocycles. The Morgan fingerprint density at radius 2 is 2.24 bits per heavy atom. The molecule has 0 fully saturated rings. The van der Waals surface area contributed by atoms with Crippen LogP contribution in [0.15, 0.2) is 24.4 Å². The van der Waals surface area contributed by atoms with Gasteiger partial charge in [0.2, 0.25) is 5.91 Å². The van der Waals surface area contributed by atoms with E-state index in [1.807, 2.05) is 18.3 Å². The van der Waals surface area contributed by atoms with Crippen molar-refractivity contribution in [3.63, 3.8) is 0 Å². The molecule has 17 heavy (non-hydrogen) atoms. The highest BCUT2D eigenvalue weighted by atomic mass is 16.1.